The van der Waals surface area contributed by atoms with Crippen molar-refractivity contribution in [3.8, 4) is 0 Å². The van der Waals surface area contributed by atoms with Crippen molar-refractivity contribution in [1.29, 1.82) is 0 Å². The molecule has 0 aromatic carbocycles. The van der Waals surface area contributed by atoms with Gasteiger partial charge in [0.2, 0.25) is 0 Å². The minimum atomic E-state index is -0.308. The number of hydrogen-bond acceptors (Lipinski definition) is 3. The van der Waals surface area contributed by atoms with Crippen molar-refractivity contribution in [2.45, 2.75) is 19.5 Å². The van der Waals surface area contributed by atoms with Gasteiger partial charge in [-0.15, -0.1) is 0 Å². The normalized spacial score (nSPS) is 13.4. The number of aliphatic hydroxyl groups is 1. The number of imidazole rings is 1. The van der Waals surface area contributed by atoms with E-state index in [-0.39, 0.29) is 12.6 Å². The molecule has 3 N–H and O–H groups in total. The van der Waals surface area contributed by atoms with Crippen LogP contribution >= 0.6 is 0 Å². The number of nitrogens with two attached hydrogens (primary N) is 1. The van der Waals surface area contributed by atoms with E-state index in [0.717, 1.165) is 12.2 Å². The second-order valence-corrected chi connectivity index (χ2v) is 2.39. The highest BCUT2D eigenvalue weighted by atomic mass is 16.3. The second kappa shape index (κ2) is 3.50. The van der Waals surface area contributed by atoms with Crippen LogP contribution in [0.2, 0.25) is 0 Å². The topological polar surface area (TPSA) is 64.1 Å². The first kappa shape index (κ1) is 8.23. The third kappa shape index (κ3) is 1.58. The Morgan fingerprint density at radius 3 is 3.09 bits per heavy atom. The predicted octanol–water partition coefficient (Wildman–Crippen LogP) is -0.105. The van der Waals surface area contributed by atoms with Crippen molar-refractivity contribution in [2.24, 2.45) is 5.73 Å². The Morgan fingerprint density at radius 2 is 2.55 bits per heavy atom. The summed E-state index contributed by atoms with van der Waals surface area (Å²) in [5.41, 5.74) is 6.49. The van der Waals surface area contributed by atoms with Crippen LogP contribution in [0.1, 0.15) is 18.7 Å². The van der Waals surface area contributed by atoms with Gasteiger partial charge in [0.25, 0.3) is 0 Å². The Kier molecular flexibility index (Phi) is 2.62. The number of aliphatic hydroxyl groups excluding tert-OH is 1. The van der Waals surface area contributed by atoms with Gasteiger partial charge in [-0.1, -0.05) is 0 Å². The average molecular weight is 155 g/mol. The van der Waals surface area contributed by atoms with Crippen LogP contribution in [0.25, 0.3) is 0 Å². The molecular weight excluding hydrogens is 142 g/mol. The van der Waals surface area contributed by atoms with Crippen molar-refractivity contribution in [3.63, 3.8) is 0 Å². The first-order valence-corrected chi connectivity index (χ1v) is 3.66. The maximum absolute atomic E-state index is 8.76. The number of rotatable bonds is 3. The molecule has 0 aliphatic heterocycles. The van der Waals surface area contributed by atoms with E-state index >= 15 is 0 Å². The minimum Gasteiger partial charge on any atom is -0.394 e. The molecule has 0 saturated carbocycles. The number of nitrogens with zero attached hydrogens (tertiary/aromatic N) is 2. The maximum Gasteiger partial charge on any atom is 0.0948 e. The lowest BCUT2D eigenvalue weighted by Crippen LogP contribution is -2.18. The fraction of sp³-hybridized carbons (Fsp3) is 0.571. The summed E-state index contributed by atoms with van der Waals surface area (Å²) >= 11 is 0. The van der Waals surface area contributed by atoms with Crippen molar-refractivity contribution < 1.29 is 5.11 Å². The van der Waals surface area contributed by atoms with Crippen molar-refractivity contribution in [2.75, 3.05) is 6.61 Å². The van der Waals surface area contributed by atoms with Crippen LogP contribution in [0.15, 0.2) is 12.5 Å². The van der Waals surface area contributed by atoms with Crippen LogP contribution in [0.5, 0.6) is 0 Å². The fourth-order valence-corrected chi connectivity index (χ4v) is 0.997. The summed E-state index contributed by atoms with van der Waals surface area (Å²) in [4.78, 5) is 3.93. The third-order valence-electron chi connectivity index (χ3n) is 1.66. The Hall–Kier alpha value is -0.870. The molecular formula is C7H13N3O. The summed E-state index contributed by atoms with van der Waals surface area (Å²) in [7, 11) is 0. The summed E-state index contributed by atoms with van der Waals surface area (Å²) in [6.07, 6.45) is 3.40. The lowest BCUT2D eigenvalue weighted by Gasteiger charge is -2.09. The van der Waals surface area contributed by atoms with Crippen molar-refractivity contribution in [3.05, 3.63) is 18.2 Å². The molecule has 1 heterocycles. The van der Waals surface area contributed by atoms with Gasteiger partial charge in [0.1, 0.15) is 0 Å². The molecule has 11 heavy (non-hydrogen) atoms. The van der Waals surface area contributed by atoms with E-state index in [9.17, 15) is 0 Å². The molecule has 0 amide bonds. The summed E-state index contributed by atoms with van der Waals surface area (Å²) in [6.45, 7) is 2.81. The van der Waals surface area contributed by atoms with Gasteiger partial charge in [0.15, 0.2) is 0 Å². The maximum atomic E-state index is 8.76. The molecule has 0 unspecified atom stereocenters. The Balaban J connectivity index is 2.83. The molecule has 0 aliphatic carbocycles. The predicted molar refractivity (Wildman–Crippen MR) is 41.9 cm³/mol. The van der Waals surface area contributed by atoms with Gasteiger partial charge >= 0.3 is 0 Å². The van der Waals surface area contributed by atoms with Gasteiger partial charge in [0, 0.05) is 12.7 Å². The van der Waals surface area contributed by atoms with E-state index in [1.165, 1.54) is 0 Å². The lowest BCUT2D eigenvalue weighted by atomic mass is 10.2. The highest BCUT2D eigenvalue weighted by molar-refractivity contribution is 5.04. The SMILES string of the molecule is CCn1cncc1[C@@H](N)CO. The van der Waals surface area contributed by atoms with Crippen LogP contribution in [-0.2, 0) is 6.54 Å². The van der Waals surface area contributed by atoms with E-state index < -0.39 is 0 Å². The van der Waals surface area contributed by atoms with E-state index in [0.29, 0.717) is 0 Å². The molecule has 62 valence electrons. The molecule has 1 atom stereocenters. The van der Waals surface area contributed by atoms with E-state index in [1.807, 2.05) is 11.5 Å². The van der Waals surface area contributed by atoms with Crippen LogP contribution in [0, 0.1) is 0 Å². The molecule has 0 radical (unpaired) electrons. The van der Waals surface area contributed by atoms with E-state index in [4.69, 9.17) is 10.8 Å². The highest BCUT2D eigenvalue weighted by Crippen LogP contribution is 2.07. The van der Waals surface area contributed by atoms with Crippen LogP contribution in [-0.4, -0.2) is 21.3 Å². The number of aryl methyl sites for hydroxylation is 1. The standard InChI is InChI=1S/C7H13N3O/c1-2-10-5-9-3-7(10)6(8)4-11/h3,5-6,11H,2,4,8H2,1H3/t6-/m0/s1. The fourth-order valence-electron chi connectivity index (χ4n) is 0.997. The molecule has 1 aromatic rings. The zero-order valence-corrected chi connectivity index (χ0v) is 6.57. The smallest absolute Gasteiger partial charge is 0.0948 e. The quantitative estimate of drug-likeness (QED) is 0.640. The van der Waals surface area contributed by atoms with Crippen molar-refractivity contribution >= 4 is 0 Å². The van der Waals surface area contributed by atoms with E-state index in [2.05, 4.69) is 4.98 Å². The molecule has 0 spiro atoms. The van der Waals surface area contributed by atoms with E-state index in [1.54, 1.807) is 12.5 Å². The van der Waals surface area contributed by atoms with Crippen LogP contribution in [0.4, 0.5) is 0 Å². The third-order valence-corrected chi connectivity index (χ3v) is 1.66. The number of aromatic nitrogens is 2. The monoisotopic (exact) mass is 155 g/mol. The second-order valence-electron chi connectivity index (χ2n) is 2.39. The molecule has 0 bridgehead atoms. The highest BCUT2D eigenvalue weighted by Gasteiger charge is 2.08. The van der Waals surface area contributed by atoms with Gasteiger partial charge in [-0.2, -0.15) is 0 Å². The molecule has 0 fully saturated rings. The van der Waals surface area contributed by atoms with Crippen LogP contribution in [0.3, 0.4) is 0 Å². The number of hydrogen-bond donors (Lipinski definition) is 2. The first-order chi connectivity index (χ1) is 5.29. The molecule has 0 saturated heterocycles. The largest absolute Gasteiger partial charge is 0.394 e. The molecule has 1 rings (SSSR count). The Labute approximate surface area is 65.7 Å². The van der Waals surface area contributed by atoms with Crippen LogP contribution < -0.4 is 5.73 Å². The van der Waals surface area contributed by atoms with Gasteiger partial charge in [0.05, 0.1) is 24.7 Å². The minimum absolute atomic E-state index is 0.0360. The first-order valence-electron chi connectivity index (χ1n) is 3.66. The average Bonchev–Trinajstić information content (AvgIpc) is 2.50. The summed E-state index contributed by atoms with van der Waals surface area (Å²) in [6, 6.07) is -0.308. The van der Waals surface area contributed by atoms with Gasteiger partial charge < -0.3 is 15.4 Å². The zero-order valence-electron chi connectivity index (χ0n) is 6.57. The van der Waals surface area contributed by atoms with Gasteiger partial charge in [-0.25, -0.2) is 4.98 Å². The zero-order chi connectivity index (χ0) is 8.27. The molecule has 4 nitrogen and oxygen atoms in total. The lowest BCUT2D eigenvalue weighted by molar-refractivity contribution is 0.263. The van der Waals surface area contributed by atoms with Crippen molar-refractivity contribution in [1.82, 2.24) is 9.55 Å². The summed E-state index contributed by atoms with van der Waals surface area (Å²) in [5, 5.41) is 8.76. The Bertz CT molecular complexity index is 221. The Morgan fingerprint density at radius 1 is 1.82 bits per heavy atom. The van der Waals surface area contributed by atoms with Gasteiger partial charge in [-0.3, -0.25) is 0 Å². The molecule has 0 aliphatic rings. The van der Waals surface area contributed by atoms with Gasteiger partial charge in [-0.05, 0) is 6.92 Å². The summed E-state index contributed by atoms with van der Waals surface area (Å²) in [5.74, 6) is 0. The molecule has 1 aromatic heterocycles. The molecule has 4 heteroatoms. The summed E-state index contributed by atoms with van der Waals surface area (Å²) < 4.78 is 1.92.